The Kier molecular flexibility index (Phi) is 5.59. The third-order valence-corrected chi connectivity index (χ3v) is 5.51. The summed E-state index contributed by atoms with van der Waals surface area (Å²) in [4.78, 5) is 34.1. The summed E-state index contributed by atoms with van der Waals surface area (Å²) in [6.45, 7) is 3.89. The van der Waals surface area contributed by atoms with Crippen LogP contribution >= 0.6 is 0 Å². The molecule has 2 aliphatic heterocycles. The Morgan fingerprint density at radius 3 is 2.61 bits per heavy atom. The summed E-state index contributed by atoms with van der Waals surface area (Å²) in [5.74, 6) is 0.447. The van der Waals surface area contributed by atoms with E-state index in [1.165, 1.54) is 0 Å². The molecule has 2 fully saturated rings. The molecule has 1 amide bonds. The molecule has 150 valence electrons. The van der Waals surface area contributed by atoms with Crippen LogP contribution in [0.4, 0.5) is 5.82 Å². The van der Waals surface area contributed by atoms with Gasteiger partial charge in [-0.05, 0) is 25.0 Å². The molecule has 3 heterocycles. The quantitative estimate of drug-likeness (QED) is 0.828. The number of aromatic nitrogens is 2. The maximum atomic E-state index is 13.2. The summed E-state index contributed by atoms with van der Waals surface area (Å²) < 4.78 is 7.06. The number of carbonyl (C=O) groups excluding carboxylic acids is 1. The number of amides is 1. The molecule has 0 unspecified atom stereocenters. The van der Waals surface area contributed by atoms with Crippen molar-refractivity contribution in [3.8, 4) is 0 Å². The molecule has 1 aromatic heterocycles. The SMILES string of the molecule is O=C(CCn1c(=O)c(N2CCOCC2)nc2ccccc21)N1CCC(O)CC1. The van der Waals surface area contributed by atoms with Gasteiger partial charge in [0.25, 0.3) is 5.56 Å². The van der Waals surface area contributed by atoms with Gasteiger partial charge in [0.05, 0.1) is 30.4 Å². The summed E-state index contributed by atoms with van der Waals surface area (Å²) >= 11 is 0. The Balaban J connectivity index is 1.59. The van der Waals surface area contributed by atoms with Crippen LogP contribution in [0.1, 0.15) is 19.3 Å². The van der Waals surface area contributed by atoms with Gasteiger partial charge < -0.3 is 24.2 Å². The third-order valence-electron chi connectivity index (χ3n) is 5.51. The van der Waals surface area contributed by atoms with Gasteiger partial charge in [0, 0.05) is 39.1 Å². The number of hydrogen-bond donors (Lipinski definition) is 1. The molecule has 2 aliphatic rings. The van der Waals surface area contributed by atoms with Crippen LogP contribution in [0.25, 0.3) is 11.0 Å². The normalized spacial score (nSPS) is 18.6. The first-order valence-electron chi connectivity index (χ1n) is 9.91. The van der Waals surface area contributed by atoms with Gasteiger partial charge in [-0.15, -0.1) is 0 Å². The number of likely N-dealkylation sites (tertiary alicyclic amines) is 1. The van der Waals surface area contributed by atoms with Gasteiger partial charge >= 0.3 is 0 Å². The first-order chi connectivity index (χ1) is 13.6. The molecule has 0 bridgehead atoms. The zero-order chi connectivity index (χ0) is 19.5. The van der Waals surface area contributed by atoms with Crippen molar-refractivity contribution in [1.82, 2.24) is 14.5 Å². The number of nitrogens with zero attached hydrogens (tertiary/aromatic N) is 4. The van der Waals surface area contributed by atoms with Crippen LogP contribution in [-0.2, 0) is 16.1 Å². The van der Waals surface area contributed by atoms with Gasteiger partial charge in [0.1, 0.15) is 0 Å². The maximum absolute atomic E-state index is 13.2. The van der Waals surface area contributed by atoms with E-state index in [1.807, 2.05) is 29.2 Å². The van der Waals surface area contributed by atoms with Crippen molar-refractivity contribution in [2.45, 2.75) is 31.9 Å². The van der Waals surface area contributed by atoms with Crippen molar-refractivity contribution in [1.29, 1.82) is 0 Å². The van der Waals surface area contributed by atoms with E-state index in [9.17, 15) is 14.7 Å². The summed E-state index contributed by atoms with van der Waals surface area (Å²) in [6, 6.07) is 7.54. The lowest BCUT2D eigenvalue weighted by atomic mass is 10.1. The van der Waals surface area contributed by atoms with Crippen LogP contribution in [0.3, 0.4) is 0 Å². The maximum Gasteiger partial charge on any atom is 0.294 e. The number of carbonyl (C=O) groups is 1. The minimum absolute atomic E-state index is 0.0209. The zero-order valence-electron chi connectivity index (χ0n) is 15.9. The largest absolute Gasteiger partial charge is 0.393 e. The van der Waals surface area contributed by atoms with E-state index in [-0.39, 0.29) is 24.0 Å². The van der Waals surface area contributed by atoms with Crippen molar-refractivity contribution in [3.63, 3.8) is 0 Å². The zero-order valence-corrected chi connectivity index (χ0v) is 15.9. The summed E-state index contributed by atoms with van der Waals surface area (Å²) in [7, 11) is 0. The predicted molar refractivity (Wildman–Crippen MR) is 105 cm³/mol. The van der Waals surface area contributed by atoms with Crippen LogP contribution in [0.2, 0.25) is 0 Å². The van der Waals surface area contributed by atoms with Crippen molar-refractivity contribution in [3.05, 3.63) is 34.6 Å². The lowest BCUT2D eigenvalue weighted by Crippen LogP contribution is -2.42. The standard InChI is InChI=1S/C20H26N4O4/c25-15-5-8-22(9-6-15)18(26)7-10-24-17-4-2-1-3-16(17)21-19(20(24)27)23-11-13-28-14-12-23/h1-4,15,25H,5-14H2. The second-order valence-corrected chi connectivity index (χ2v) is 7.34. The minimum Gasteiger partial charge on any atom is -0.393 e. The molecule has 8 nitrogen and oxygen atoms in total. The molecule has 1 N–H and O–H groups in total. The van der Waals surface area contributed by atoms with Gasteiger partial charge in [-0.25, -0.2) is 4.98 Å². The topological polar surface area (TPSA) is 87.9 Å². The molecule has 8 heteroatoms. The highest BCUT2D eigenvalue weighted by atomic mass is 16.5. The van der Waals surface area contributed by atoms with E-state index in [2.05, 4.69) is 4.98 Å². The number of ether oxygens (including phenoxy) is 1. The lowest BCUT2D eigenvalue weighted by Gasteiger charge is -2.30. The number of para-hydroxylation sites is 2. The second-order valence-electron chi connectivity index (χ2n) is 7.34. The Hall–Kier alpha value is -2.45. The van der Waals surface area contributed by atoms with Crippen LogP contribution in [0.5, 0.6) is 0 Å². The molecule has 0 radical (unpaired) electrons. The van der Waals surface area contributed by atoms with E-state index >= 15 is 0 Å². The fourth-order valence-electron chi connectivity index (χ4n) is 3.86. The predicted octanol–water partition coefficient (Wildman–Crippen LogP) is 0.606. The Labute approximate surface area is 163 Å². The molecule has 1 aromatic carbocycles. The van der Waals surface area contributed by atoms with E-state index in [0.717, 1.165) is 11.0 Å². The number of aliphatic hydroxyl groups is 1. The fraction of sp³-hybridized carbons (Fsp3) is 0.550. The average molecular weight is 386 g/mol. The molecular formula is C20H26N4O4. The number of benzene rings is 1. The van der Waals surface area contributed by atoms with E-state index in [0.29, 0.717) is 64.6 Å². The smallest absolute Gasteiger partial charge is 0.294 e. The Morgan fingerprint density at radius 2 is 1.86 bits per heavy atom. The average Bonchev–Trinajstić information content (AvgIpc) is 2.73. The van der Waals surface area contributed by atoms with Gasteiger partial charge in [-0.1, -0.05) is 12.1 Å². The van der Waals surface area contributed by atoms with Crippen LogP contribution < -0.4 is 10.5 Å². The number of rotatable bonds is 4. The highest BCUT2D eigenvalue weighted by Crippen LogP contribution is 2.17. The van der Waals surface area contributed by atoms with Crippen molar-refractivity contribution < 1.29 is 14.6 Å². The van der Waals surface area contributed by atoms with Crippen LogP contribution in [0, 0.1) is 0 Å². The van der Waals surface area contributed by atoms with Gasteiger partial charge in [0.15, 0.2) is 5.82 Å². The number of morpholine rings is 1. The highest BCUT2D eigenvalue weighted by molar-refractivity contribution is 5.78. The van der Waals surface area contributed by atoms with Gasteiger partial charge in [0.2, 0.25) is 5.91 Å². The van der Waals surface area contributed by atoms with Gasteiger partial charge in [-0.2, -0.15) is 0 Å². The summed E-state index contributed by atoms with van der Waals surface area (Å²) in [6.07, 6.45) is 1.18. The molecule has 0 atom stereocenters. The van der Waals surface area contributed by atoms with Crippen molar-refractivity contribution >= 4 is 22.8 Å². The molecule has 4 rings (SSSR count). The highest BCUT2D eigenvalue weighted by Gasteiger charge is 2.23. The van der Waals surface area contributed by atoms with E-state index in [1.54, 1.807) is 9.47 Å². The summed E-state index contributed by atoms with van der Waals surface area (Å²) in [5.41, 5.74) is 1.32. The molecule has 0 spiro atoms. The number of fused-ring (bicyclic) bond motifs is 1. The summed E-state index contributed by atoms with van der Waals surface area (Å²) in [5, 5.41) is 9.62. The molecule has 28 heavy (non-hydrogen) atoms. The van der Waals surface area contributed by atoms with Crippen molar-refractivity contribution in [2.24, 2.45) is 0 Å². The molecule has 2 saturated heterocycles. The number of piperidine rings is 1. The number of aliphatic hydroxyl groups excluding tert-OH is 1. The molecule has 0 aliphatic carbocycles. The first-order valence-corrected chi connectivity index (χ1v) is 9.91. The number of hydrogen-bond acceptors (Lipinski definition) is 6. The minimum atomic E-state index is -0.313. The first kappa shape index (κ1) is 18.9. The molecule has 2 aromatic rings. The van der Waals surface area contributed by atoms with Crippen molar-refractivity contribution in [2.75, 3.05) is 44.3 Å². The number of anilines is 1. The number of aryl methyl sites for hydroxylation is 1. The Bertz CT molecular complexity index is 899. The monoisotopic (exact) mass is 386 g/mol. The van der Waals surface area contributed by atoms with Gasteiger partial charge in [-0.3, -0.25) is 9.59 Å². The second kappa shape index (κ2) is 8.28. The van der Waals surface area contributed by atoms with Crippen LogP contribution in [-0.4, -0.2) is 71.0 Å². The molecule has 0 saturated carbocycles. The Morgan fingerprint density at radius 1 is 1.14 bits per heavy atom. The molecular weight excluding hydrogens is 360 g/mol. The third kappa shape index (κ3) is 3.88. The van der Waals surface area contributed by atoms with E-state index < -0.39 is 0 Å². The fourth-order valence-corrected chi connectivity index (χ4v) is 3.86. The lowest BCUT2D eigenvalue weighted by molar-refractivity contribution is -0.133. The van der Waals surface area contributed by atoms with Crippen LogP contribution in [0.15, 0.2) is 29.1 Å². The van der Waals surface area contributed by atoms with E-state index in [4.69, 9.17) is 4.74 Å².